The first-order valence-corrected chi connectivity index (χ1v) is 9.40. The van der Waals surface area contributed by atoms with Crippen LogP contribution in [0.15, 0.2) is 60.1 Å². The average molecular weight is 396 g/mol. The highest BCUT2D eigenvalue weighted by molar-refractivity contribution is 7.16. The van der Waals surface area contributed by atoms with Gasteiger partial charge in [-0.15, -0.1) is 6.58 Å². The molecule has 7 heteroatoms. The van der Waals surface area contributed by atoms with Crippen molar-refractivity contribution in [2.45, 2.75) is 13.0 Å². The molecule has 1 amide bonds. The van der Waals surface area contributed by atoms with Crippen molar-refractivity contribution in [2.24, 2.45) is 4.99 Å². The summed E-state index contributed by atoms with van der Waals surface area (Å²) in [7, 11) is 2.93. The number of allylic oxidation sites excluding steroid dienone is 1. The fourth-order valence-electron chi connectivity index (χ4n) is 2.81. The number of fused-ring (bicyclic) bond motifs is 1. The maximum Gasteiger partial charge on any atom is 0.337 e. The maximum absolute atomic E-state index is 12.5. The SMILES string of the molecule is C=CCn1c(=NC(=O)Cc2cccc(OC)c2)sc2cc(C(=O)OC)ccc21. The Morgan fingerprint density at radius 1 is 1.21 bits per heavy atom. The summed E-state index contributed by atoms with van der Waals surface area (Å²) in [6.07, 6.45) is 1.92. The number of hydrogen-bond acceptors (Lipinski definition) is 5. The third-order valence-electron chi connectivity index (χ3n) is 4.13. The Bertz CT molecular complexity index is 1110. The molecule has 144 valence electrons. The van der Waals surface area contributed by atoms with Gasteiger partial charge in [0.2, 0.25) is 0 Å². The molecule has 6 nitrogen and oxygen atoms in total. The van der Waals surface area contributed by atoms with Crippen molar-refractivity contribution in [3.8, 4) is 5.75 Å². The Hall–Kier alpha value is -3.19. The largest absolute Gasteiger partial charge is 0.497 e. The molecule has 3 rings (SSSR count). The lowest BCUT2D eigenvalue weighted by Crippen LogP contribution is -2.17. The van der Waals surface area contributed by atoms with Crippen LogP contribution in [0.5, 0.6) is 5.75 Å². The van der Waals surface area contributed by atoms with Crippen LogP contribution >= 0.6 is 11.3 Å². The van der Waals surface area contributed by atoms with Crippen LogP contribution < -0.4 is 9.54 Å². The number of amides is 1. The van der Waals surface area contributed by atoms with E-state index in [4.69, 9.17) is 9.47 Å². The number of aromatic nitrogens is 1. The molecule has 0 N–H and O–H groups in total. The number of methoxy groups -OCH3 is 2. The van der Waals surface area contributed by atoms with Gasteiger partial charge in [-0.2, -0.15) is 4.99 Å². The third-order valence-corrected chi connectivity index (χ3v) is 5.17. The maximum atomic E-state index is 12.5. The Kier molecular flexibility index (Phi) is 6.06. The minimum Gasteiger partial charge on any atom is -0.497 e. The molecular weight excluding hydrogens is 376 g/mol. The molecule has 0 bridgehead atoms. The molecule has 0 unspecified atom stereocenters. The monoisotopic (exact) mass is 396 g/mol. The van der Waals surface area contributed by atoms with Crippen LogP contribution in [-0.4, -0.2) is 30.7 Å². The summed E-state index contributed by atoms with van der Waals surface area (Å²) in [4.78, 5) is 29.2. The number of nitrogens with zero attached hydrogens (tertiary/aromatic N) is 2. The van der Waals surface area contributed by atoms with Gasteiger partial charge in [0.05, 0.1) is 36.4 Å². The van der Waals surface area contributed by atoms with Gasteiger partial charge < -0.3 is 14.0 Å². The summed E-state index contributed by atoms with van der Waals surface area (Å²) >= 11 is 1.35. The average Bonchev–Trinajstić information content (AvgIpc) is 3.03. The van der Waals surface area contributed by atoms with Gasteiger partial charge in [-0.3, -0.25) is 4.79 Å². The predicted molar refractivity (Wildman–Crippen MR) is 109 cm³/mol. The molecule has 0 saturated heterocycles. The second-order valence-electron chi connectivity index (χ2n) is 5.99. The fraction of sp³-hybridized carbons (Fsp3) is 0.190. The van der Waals surface area contributed by atoms with E-state index in [-0.39, 0.29) is 12.3 Å². The molecule has 1 aromatic heterocycles. The predicted octanol–water partition coefficient (Wildman–Crippen LogP) is 3.35. The van der Waals surface area contributed by atoms with Crippen molar-refractivity contribution in [3.05, 3.63) is 71.0 Å². The smallest absolute Gasteiger partial charge is 0.337 e. The zero-order valence-corrected chi connectivity index (χ0v) is 16.5. The lowest BCUT2D eigenvalue weighted by atomic mass is 10.1. The Morgan fingerprint density at radius 3 is 2.75 bits per heavy atom. The van der Waals surface area contributed by atoms with Crippen LogP contribution in [0, 0.1) is 0 Å². The van der Waals surface area contributed by atoms with E-state index < -0.39 is 5.97 Å². The van der Waals surface area contributed by atoms with E-state index in [2.05, 4.69) is 11.6 Å². The van der Waals surface area contributed by atoms with E-state index in [0.717, 1.165) is 15.8 Å². The van der Waals surface area contributed by atoms with Crippen LogP contribution in [-0.2, 0) is 22.5 Å². The molecule has 0 fully saturated rings. The topological polar surface area (TPSA) is 69.9 Å². The second-order valence-corrected chi connectivity index (χ2v) is 7.00. The first kappa shape index (κ1) is 19.6. The highest BCUT2D eigenvalue weighted by Gasteiger charge is 2.12. The van der Waals surface area contributed by atoms with Crippen molar-refractivity contribution in [3.63, 3.8) is 0 Å². The summed E-state index contributed by atoms with van der Waals surface area (Å²) in [6, 6.07) is 12.6. The summed E-state index contributed by atoms with van der Waals surface area (Å²) in [5.74, 6) is 0.0354. The van der Waals surface area contributed by atoms with E-state index >= 15 is 0 Å². The van der Waals surface area contributed by atoms with Crippen LogP contribution in [0.4, 0.5) is 0 Å². The molecule has 28 heavy (non-hydrogen) atoms. The zero-order valence-electron chi connectivity index (χ0n) is 15.7. The first-order chi connectivity index (χ1) is 13.5. The third kappa shape index (κ3) is 4.20. The van der Waals surface area contributed by atoms with Gasteiger partial charge in [0, 0.05) is 6.54 Å². The lowest BCUT2D eigenvalue weighted by Gasteiger charge is -2.03. The fourth-order valence-corrected chi connectivity index (χ4v) is 3.91. The van der Waals surface area contributed by atoms with Crippen molar-refractivity contribution < 1.29 is 19.1 Å². The molecule has 3 aromatic rings. The Morgan fingerprint density at radius 2 is 2.04 bits per heavy atom. The van der Waals surface area contributed by atoms with Crippen molar-refractivity contribution in [2.75, 3.05) is 14.2 Å². The van der Waals surface area contributed by atoms with Gasteiger partial charge in [-0.25, -0.2) is 4.79 Å². The molecule has 0 atom stereocenters. The van der Waals surface area contributed by atoms with Crippen LogP contribution in [0.1, 0.15) is 15.9 Å². The molecule has 0 saturated carbocycles. The summed E-state index contributed by atoms with van der Waals surface area (Å²) in [5.41, 5.74) is 2.17. The van der Waals surface area contributed by atoms with Gasteiger partial charge in [-0.1, -0.05) is 29.5 Å². The number of carbonyl (C=O) groups is 2. The number of esters is 1. The Labute approximate surface area is 166 Å². The van der Waals surface area contributed by atoms with Crippen molar-refractivity contribution >= 4 is 33.4 Å². The van der Waals surface area contributed by atoms with Crippen LogP contribution in [0.3, 0.4) is 0 Å². The van der Waals surface area contributed by atoms with Gasteiger partial charge in [0.25, 0.3) is 5.91 Å². The van der Waals surface area contributed by atoms with Gasteiger partial charge in [0.1, 0.15) is 5.75 Å². The number of rotatable bonds is 6. The molecule has 2 aromatic carbocycles. The van der Waals surface area contributed by atoms with E-state index in [9.17, 15) is 9.59 Å². The number of hydrogen-bond donors (Lipinski definition) is 0. The highest BCUT2D eigenvalue weighted by Crippen LogP contribution is 2.20. The number of ether oxygens (including phenoxy) is 2. The van der Waals surface area contributed by atoms with Gasteiger partial charge in [-0.05, 0) is 35.9 Å². The normalized spacial score (nSPS) is 11.4. The summed E-state index contributed by atoms with van der Waals surface area (Å²) in [5, 5.41) is 0. The molecule has 0 aliphatic rings. The quantitative estimate of drug-likeness (QED) is 0.473. The minimum absolute atomic E-state index is 0.174. The molecule has 0 radical (unpaired) electrons. The van der Waals surface area contributed by atoms with E-state index in [1.165, 1.54) is 18.4 Å². The van der Waals surface area contributed by atoms with E-state index in [1.54, 1.807) is 25.3 Å². The van der Waals surface area contributed by atoms with Gasteiger partial charge >= 0.3 is 5.97 Å². The molecular formula is C21H20N2O4S. The standard InChI is InChI=1S/C21H20N2O4S/c1-4-10-23-17-9-8-15(20(25)27-3)13-18(17)28-21(23)22-19(24)12-14-6-5-7-16(11-14)26-2/h4-9,11,13H,1,10,12H2,2-3H3. The molecule has 0 aliphatic heterocycles. The van der Waals surface area contributed by atoms with Crippen molar-refractivity contribution in [1.29, 1.82) is 0 Å². The van der Waals surface area contributed by atoms with Gasteiger partial charge in [0.15, 0.2) is 4.80 Å². The lowest BCUT2D eigenvalue weighted by molar-refractivity contribution is -0.117. The number of thiazole rings is 1. The van der Waals surface area contributed by atoms with E-state index in [0.29, 0.717) is 22.7 Å². The minimum atomic E-state index is -0.404. The zero-order chi connectivity index (χ0) is 20.1. The highest BCUT2D eigenvalue weighted by atomic mass is 32.1. The Balaban J connectivity index is 1.99. The number of benzene rings is 2. The van der Waals surface area contributed by atoms with Crippen molar-refractivity contribution in [1.82, 2.24) is 4.57 Å². The second kappa shape index (κ2) is 8.67. The molecule has 0 aliphatic carbocycles. The van der Waals surface area contributed by atoms with E-state index in [1.807, 2.05) is 34.9 Å². The summed E-state index contributed by atoms with van der Waals surface area (Å²) in [6.45, 7) is 4.28. The van der Waals surface area contributed by atoms with Crippen LogP contribution in [0.2, 0.25) is 0 Å². The number of carbonyl (C=O) groups excluding carboxylic acids is 2. The molecule has 1 heterocycles. The molecule has 0 spiro atoms. The summed E-state index contributed by atoms with van der Waals surface area (Å²) < 4.78 is 12.7. The van der Waals surface area contributed by atoms with Crippen LogP contribution in [0.25, 0.3) is 10.2 Å². The first-order valence-electron chi connectivity index (χ1n) is 8.58.